The Kier molecular flexibility index (Phi) is 6.33. The van der Waals surface area contributed by atoms with Gasteiger partial charge in [-0.3, -0.25) is 0 Å². The zero-order valence-corrected chi connectivity index (χ0v) is 24.6. The number of nitrogens with zero attached hydrogens (tertiary/aromatic N) is 5. The number of aryl methyl sites for hydroxylation is 4. The second kappa shape index (κ2) is 10.3. The number of hydrogen-bond donors (Lipinski definition) is 0. The van der Waals surface area contributed by atoms with Gasteiger partial charge in [0.2, 0.25) is 0 Å². The fourth-order valence-electron chi connectivity index (χ4n) is 5.98. The predicted molar refractivity (Wildman–Crippen MR) is 174 cm³/mol. The summed E-state index contributed by atoms with van der Waals surface area (Å²) in [4.78, 5) is 13.6. The van der Waals surface area contributed by atoms with E-state index in [1.807, 2.05) is 32.0 Å². The van der Waals surface area contributed by atoms with Crippen LogP contribution in [0.15, 0.2) is 103 Å². The van der Waals surface area contributed by atoms with Gasteiger partial charge in [-0.2, -0.15) is 5.26 Å². The Hall–Kier alpha value is -5.60. The molecule has 0 bridgehead atoms. The lowest BCUT2D eigenvalue weighted by Crippen LogP contribution is -2.02. The molecule has 206 valence electrons. The van der Waals surface area contributed by atoms with E-state index in [0.717, 1.165) is 55.3 Å². The Morgan fingerprint density at radius 3 is 1.56 bits per heavy atom. The lowest BCUT2D eigenvalue weighted by molar-refractivity contribution is 0.928. The molecule has 0 N–H and O–H groups in total. The van der Waals surface area contributed by atoms with Gasteiger partial charge in [0.25, 0.3) is 0 Å². The largest absolute Gasteiger partial charge is 0.308 e. The smallest absolute Gasteiger partial charge is 0.163 e. The third-order valence-electron chi connectivity index (χ3n) is 7.95. The lowest BCUT2D eigenvalue weighted by atomic mass is 10.0. The maximum Gasteiger partial charge on any atom is 0.163 e. The van der Waals surface area contributed by atoms with Crippen LogP contribution in [0.5, 0.6) is 0 Å². The van der Waals surface area contributed by atoms with E-state index in [1.54, 1.807) is 0 Å². The molecule has 0 amide bonds. The molecule has 0 unspecified atom stereocenters. The third kappa shape index (κ3) is 4.73. The first-order valence-electron chi connectivity index (χ1n) is 14.3. The molecule has 43 heavy (non-hydrogen) atoms. The summed E-state index contributed by atoms with van der Waals surface area (Å²) in [5.41, 5.74) is 11.3. The molecule has 0 aliphatic heterocycles. The van der Waals surface area contributed by atoms with Crippen molar-refractivity contribution in [2.45, 2.75) is 27.7 Å². The molecule has 0 spiro atoms. The van der Waals surface area contributed by atoms with Gasteiger partial charge in [0.1, 0.15) is 17.7 Å². The highest BCUT2D eigenvalue weighted by atomic mass is 15.0. The first-order chi connectivity index (χ1) is 20.9. The molecule has 7 aromatic rings. The minimum Gasteiger partial charge on any atom is -0.308 e. The van der Waals surface area contributed by atoms with Gasteiger partial charge in [0.15, 0.2) is 5.82 Å². The number of hydrogen-bond acceptors (Lipinski definition) is 4. The van der Waals surface area contributed by atoms with E-state index in [1.165, 1.54) is 11.1 Å². The Bertz CT molecular complexity index is 2130. The molecule has 7 rings (SSSR count). The molecule has 2 heterocycles. The molecule has 5 aromatic carbocycles. The quantitative estimate of drug-likeness (QED) is 0.217. The molecule has 0 atom stereocenters. The number of aromatic nitrogens is 4. The number of rotatable bonds is 4. The van der Waals surface area contributed by atoms with Gasteiger partial charge in [-0.1, -0.05) is 83.9 Å². The van der Waals surface area contributed by atoms with Crippen LogP contribution in [-0.4, -0.2) is 19.5 Å². The van der Waals surface area contributed by atoms with Crippen LogP contribution in [0.1, 0.15) is 28.3 Å². The van der Waals surface area contributed by atoms with E-state index in [2.05, 4.69) is 124 Å². The van der Waals surface area contributed by atoms with Crippen molar-refractivity contribution in [3.8, 4) is 45.4 Å². The number of fused-ring (bicyclic) bond motifs is 3. The first-order valence-corrected chi connectivity index (χ1v) is 14.3. The molecule has 5 heteroatoms. The van der Waals surface area contributed by atoms with Gasteiger partial charge < -0.3 is 4.57 Å². The van der Waals surface area contributed by atoms with Crippen LogP contribution in [0.3, 0.4) is 0 Å². The Labute approximate surface area is 250 Å². The van der Waals surface area contributed by atoms with Crippen molar-refractivity contribution in [1.29, 1.82) is 5.26 Å². The SMILES string of the molecule is Cc1cccc(-c2ccc3c4ccc(-c5cccc(C)c5)cc4n(-c4cc(-c5nc(C)nc(C)n5)ccc4C#N)c3c2)c1. The van der Waals surface area contributed by atoms with E-state index in [4.69, 9.17) is 0 Å². The molecule has 0 saturated carbocycles. The summed E-state index contributed by atoms with van der Waals surface area (Å²) in [7, 11) is 0. The zero-order valence-electron chi connectivity index (χ0n) is 24.6. The fraction of sp³-hybridized carbons (Fsp3) is 0.105. The second-order valence-corrected chi connectivity index (χ2v) is 11.1. The van der Waals surface area contributed by atoms with Crippen LogP contribution in [0, 0.1) is 39.0 Å². The summed E-state index contributed by atoms with van der Waals surface area (Å²) in [6.45, 7) is 7.97. The average Bonchev–Trinajstić information content (AvgIpc) is 3.33. The van der Waals surface area contributed by atoms with Gasteiger partial charge in [-0.15, -0.1) is 0 Å². The molecule has 0 aliphatic carbocycles. The minimum atomic E-state index is 0.576. The van der Waals surface area contributed by atoms with Crippen LogP contribution in [0.4, 0.5) is 0 Å². The highest BCUT2D eigenvalue weighted by Gasteiger charge is 2.18. The van der Waals surface area contributed by atoms with Crippen LogP contribution in [0.2, 0.25) is 0 Å². The second-order valence-electron chi connectivity index (χ2n) is 11.1. The first kappa shape index (κ1) is 26.3. The molecule has 0 fully saturated rings. The summed E-state index contributed by atoms with van der Waals surface area (Å²) in [6.07, 6.45) is 0. The molecular formula is C38H29N5. The van der Waals surface area contributed by atoms with E-state index in [-0.39, 0.29) is 0 Å². The van der Waals surface area contributed by atoms with Crippen molar-refractivity contribution in [2.24, 2.45) is 0 Å². The van der Waals surface area contributed by atoms with Gasteiger partial charge in [-0.25, -0.2) is 15.0 Å². The molecular weight excluding hydrogens is 526 g/mol. The third-order valence-corrected chi connectivity index (χ3v) is 7.95. The van der Waals surface area contributed by atoms with Crippen molar-refractivity contribution in [3.05, 3.63) is 131 Å². The van der Waals surface area contributed by atoms with Crippen molar-refractivity contribution in [3.63, 3.8) is 0 Å². The summed E-state index contributed by atoms with van der Waals surface area (Å²) in [5.74, 6) is 1.92. The van der Waals surface area contributed by atoms with Gasteiger partial charge in [0, 0.05) is 16.3 Å². The average molecular weight is 556 g/mol. The van der Waals surface area contributed by atoms with Crippen molar-refractivity contribution in [1.82, 2.24) is 19.5 Å². The van der Waals surface area contributed by atoms with Crippen LogP contribution in [-0.2, 0) is 0 Å². The summed E-state index contributed by atoms with van der Waals surface area (Å²) in [5, 5.41) is 12.6. The van der Waals surface area contributed by atoms with Gasteiger partial charge in [-0.05, 0) is 80.3 Å². The van der Waals surface area contributed by atoms with Crippen LogP contribution in [0.25, 0.3) is 61.1 Å². The topological polar surface area (TPSA) is 67.4 Å². The van der Waals surface area contributed by atoms with Crippen molar-refractivity contribution in [2.75, 3.05) is 0 Å². The van der Waals surface area contributed by atoms with Crippen molar-refractivity contribution < 1.29 is 0 Å². The van der Waals surface area contributed by atoms with Gasteiger partial charge >= 0.3 is 0 Å². The predicted octanol–water partition coefficient (Wildman–Crippen LogP) is 9.08. The Morgan fingerprint density at radius 1 is 0.535 bits per heavy atom. The molecule has 2 aromatic heterocycles. The molecule has 0 saturated heterocycles. The summed E-state index contributed by atoms with van der Waals surface area (Å²) in [6, 6.07) is 38.6. The fourth-order valence-corrected chi connectivity index (χ4v) is 5.98. The lowest BCUT2D eigenvalue weighted by Gasteiger charge is -2.13. The van der Waals surface area contributed by atoms with Crippen LogP contribution < -0.4 is 0 Å². The number of benzene rings is 5. The van der Waals surface area contributed by atoms with Crippen LogP contribution >= 0.6 is 0 Å². The van der Waals surface area contributed by atoms with Gasteiger partial charge in [0.05, 0.1) is 22.3 Å². The Morgan fingerprint density at radius 2 is 1.05 bits per heavy atom. The minimum absolute atomic E-state index is 0.576. The molecule has 0 radical (unpaired) electrons. The summed E-state index contributed by atoms with van der Waals surface area (Å²) < 4.78 is 2.23. The van der Waals surface area contributed by atoms with E-state index in [9.17, 15) is 5.26 Å². The van der Waals surface area contributed by atoms with E-state index >= 15 is 0 Å². The van der Waals surface area contributed by atoms with E-state index < -0.39 is 0 Å². The number of nitriles is 1. The highest BCUT2D eigenvalue weighted by Crippen LogP contribution is 2.38. The summed E-state index contributed by atoms with van der Waals surface area (Å²) >= 11 is 0. The normalized spacial score (nSPS) is 11.2. The Balaban J connectivity index is 1.56. The van der Waals surface area contributed by atoms with Crippen molar-refractivity contribution >= 4 is 21.8 Å². The van der Waals surface area contributed by atoms with E-state index in [0.29, 0.717) is 23.0 Å². The highest BCUT2D eigenvalue weighted by molar-refractivity contribution is 6.11. The monoisotopic (exact) mass is 555 g/mol. The molecule has 0 aliphatic rings. The maximum atomic E-state index is 10.3. The molecule has 5 nitrogen and oxygen atoms in total. The maximum absolute atomic E-state index is 10.3. The standard InChI is InChI=1S/C38H29N5/c1-23-7-5-9-27(17-23)29-13-15-33-34-16-14-30(28-10-6-8-24(2)18-28)20-37(34)43(36(33)19-29)35-21-31(11-12-32(35)22-39)38-41-25(3)40-26(4)42-38/h5-21H,1-4H3. The zero-order chi connectivity index (χ0) is 29.7.